The minimum Gasteiger partial charge on any atom is -0.496 e. The van der Waals surface area contributed by atoms with Gasteiger partial charge in [-0.25, -0.2) is 0 Å². The van der Waals surface area contributed by atoms with Crippen molar-refractivity contribution in [3.05, 3.63) is 81.6 Å². The largest absolute Gasteiger partial charge is 0.496 e. The van der Waals surface area contributed by atoms with Crippen LogP contribution >= 0.6 is 0 Å². The van der Waals surface area contributed by atoms with Gasteiger partial charge in [0.05, 0.1) is 31.5 Å². The predicted octanol–water partition coefficient (Wildman–Crippen LogP) is 4.49. The SMILES string of the molecule is COc1ccc2c(c1CC1=C(C)CN=C1C)O/C(=C\C1=NCc3ccccc31)C2=O. The first-order valence-electron chi connectivity index (χ1n) is 10.0. The lowest BCUT2D eigenvalue weighted by atomic mass is 9.95. The van der Waals surface area contributed by atoms with Crippen molar-refractivity contribution in [3.8, 4) is 11.5 Å². The van der Waals surface area contributed by atoms with E-state index in [1.165, 1.54) is 11.1 Å². The summed E-state index contributed by atoms with van der Waals surface area (Å²) < 4.78 is 11.7. The van der Waals surface area contributed by atoms with E-state index < -0.39 is 0 Å². The number of carbonyl (C=O) groups is 1. The molecule has 0 atom stereocenters. The molecule has 0 N–H and O–H groups in total. The number of methoxy groups -OCH3 is 1. The molecule has 3 aliphatic heterocycles. The van der Waals surface area contributed by atoms with E-state index in [0.29, 0.717) is 35.8 Å². The van der Waals surface area contributed by atoms with Gasteiger partial charge in [0.25, 0.3) is 0 Å². The molecule has 5 heteroatoms. The van der Waals surface area contributed by atoms with Crippen LogP contribution in [0.3, 0.4) is 0 Å². The second-order valence-electron chi connectivity index (χ2n) is 7.76. The third-order valence-corrected chi connectivity index (χ3v) is 5.96. The van der Waals surface area contributed by atoms with Crippen molar-refractivity contribution in [2.24, 2.45) is 9.98 Å². The Kier molecular flexibility index (Phi) is 4.39. The first-order valence-corrected chi connectivity index (χ1v) is 10.0. The first-order chi connectivity index (χ1) is 14.6. The van der Waals surface area contributed by atoms with Gasteiger partial charge < -0.3 is 9.47 Å². The summed E-state index contributed by atoms with van der Waals surface area (Å²) in [6.45, 7) is 5.47. The van der Waals surface area contributed by atoms with E-state index in [9.17, 15) is 4.79 Å². The van der Waals surface area contributed by atoms with Gasteiger partial charge in [0.1, 0.15) is 11.5 Å². The van der Waals surface area contributed by atoms with Crippen LogP contribution in [0.5, 0.6) is 11.5 Å². The minimum absolute atomic E-state index is 0.122. The van der Waals surface area contributed by atoms with Crippen molar-refractivity contribution < 1.29 is 14.3 Å². The number of nitrogens with zero attached hydrogens (tertiary/aromatic N) is 2. The van der Waals surface area contributed by atoms with Gasteiger partial charge in [-0.15, -0.1) is 0 Å². The van der Waals surface area contributed by atoms with E-state index in [0.717, 1.165) is 34.7 Å². The van der Waals surface area contributed by atoms with Gasteiger partial charge in [-0.05, 0) is 42.7 Å². The minimum atomic E-state index is -0.122. The zero-order valence-corrected chi connectivity index (χ0v) is 17.3. The number of allylic oxidation sites excluding steroid dienone is 3. The monoisotopic (exact) mass is 398 g/mol. The van der Waals surface area contributed by atoms with E-state index in [-0.39, 0.29) is 5.78 Å². The number of benzene rings is 2. The van der Waals surface area contributed by atoms with E-state index in [1.807, 2.05) is 31.2 Å². The molecular formula is C25H22N2O3. The van der Waals surface area contributed by atoms with Crippen molar-refractivity contribution >= 4 is 17.2 Å². The molecule has 3 aliphatic rings. The number of fused-ring (bicyclic) bond motifs is 2. The summed E-state index contributed by atoms with van der Waals surface area (Å²) in [6, 6.07) is 11.7. The van der Waals surface area contributed by atoms with Crippen LogP contribution in [-0.2, 0) is 13.0 Å². The molecule has 5 nitrogen and oxygen atoms in total. The maximum atomic E-state index is 13.1. The molecular weight excluding hydrogens is 376 g/mol. The molecule has 0 saturated carbocycles. The third-order valence-electron chi connectivity index (χ3n) is 5.96. The molecule has 0 amide bonds. The van der Waals surface area contributed by atoms with Crippen molar-refractivity contribution in [2.45, 2.75) is 26.8 Å². The summed E-state index contributed by atoms with van der Waals surface area (Å²) in [7, 11) is 1.64. The Labute approximate surface area is 175 Å². The molecule has 2 aromatic rings. The van der Waals surface area contributed by atoms with Crippen LogP contribution in [0.1, 0.15) is 40.9 Å². The maximum Gasteiger partial charge on any atom is 0.232 e. The molecule has 3 heterocycles. The summed E-state index contributed by atoms with van der Waals surface area (Å²) in [4.78, 5) is 22.2. The summed E-state index contributed by atoms with van der Waals surface area (Å²) in [6.07, 6.45) is 2.38. The number of ketones is 1. The number of carbonyl (C=O) groups excluding carboxylic acids is 1. The number of Topliss-reactive ketones (excluding diaryl/α,β-unsaturated/α-hetero) is 1. The molecule has 5 rings (SSSR count). The molecule has 30 heavy (non-hydrogen) atoms. The van der Waals surface area contributed by atoms with E-state index in [4.69, 9.17) is 9.47 Å². The summed E-state index contributed by atoms with van der Waals surface area (Å²) >= 11 is 0. The van der Waals surface area contributed by atoms with Crippen LogP contribution < -0.4 is 9.47 Å². The van der Waals surface area contributed by atoms with Crippen molar-refractivity contribution in [1.82, 2.24) is 0 Å². The van der Waals surface area contributed by atoms with E-state index in [1.54, 1.807) is 19.3 Å². The van der Waals surface area contributed by atoms with Crippen LogP contribution in [0.25, 0.3) is 0 Å². The maximum absolute atomic E-state index is 13.1. The fourth-order valence-corrected chi connectivity index (χ4v) is 4.25. The molecule has 0 saturated heterocycles. The van der Waals surface area contributed by atoms with E-state index in [2.05, 4.69) is 23.0 Å². The second kappa shape index (κ2) is 7.10. The van der Waals surface area contributed by atoms with Gasteiger partial charge >= 0.3 is 0 Å². The van der Waals surface area contributed by atoms with Crippen molar-refractivity contribution in [3.63, 3.8) is 0 Å². The second-order valence-corrected chi connectivity index (χ2v) is 7.76. The van der Waals surface area contributed by atoms with E-state index >= 15 is 0 Å². The highest BCUT2D eigenvalue weighted by atomic mass is 16.5. The first kappa shape index (κ1) is 18.6. The summed E-state index contributed by atoms with van der Waals surface area (Å²) in [5.41, 5.74) is 7.90. The molecule has 0 bridgehead atoms. The van der Waals surface area contributed by atoms with Crippen molar-refractivity contribution in [1.29, 1.82) is 0 Å². The highest BCUT2D eigenvalue weighted by Crippen LogP contribution is 2.41. The average molecular weight is 398 g/mol. The molecule has 0 fully saturated rings. The Morgan fingerprint density at radius 2 is 1.90 bits per heavy atom. The average Bonchev–Trinajstić information content (AvgIpc) is 3.41. The molecule has 0 radical (unpaired) electrons. The lowest BCUT2D eigenvalue weighted by Crippen LogP contribution is -2.04. The standard InChI is InChI=1S/C25H22N2O3/c1-14-12-26-15(2)19(14)10-20-22(29-3)9-8-18-24(28)23(30-25(18)20)11-21-17-7-5-4-6-16(17)13-27-21/h4-9,11H,10,12-13H2,1-3H3/b23-11-. The summed E-state index contributed by atoms with van der Waals surface area (Å²) in [5.74, 6) is 1.48. The molecule has 150 valence electrons. The zero-order chi connectivity index (χ0) is 20.8. The quantitative estimate of drug-likeness (QED) is 0.713. The van der Waals surface area contributed by atoms with Gasteiger partial charge in [-0.1, -0.05) is 24.3 Å². The fourth-order valence-electron chi connectivity index (χ4n) is 4.25. The van der Waals surface area contributed by atoms with Crippen molar-refractivity contribution in [2.75, 3.05) is 13.7 Å². The number of aliphatic imine (C=N–C) groups is 2. The lowest BCUT2D eigenvalue weighted by Gasteiger charge is -2.14. The van der Waals surface area contributed by atoms with Gasteiger partial charge in [-0.2, -0.15) is 0 Å². The highest BCUT2D eigenvalue weighted by molar-refractivity contribution is 6.19. The molecule has 0 aliphatic carbocycles. The third kappa shape index (κ3) is 2.89. The van der Waals surface area contributed by atoms with Gasteiger partial charge in [0.15, 0.2) is 5.76 Å². The number of hydrogen-bond acceptors (Lipinski definition) is 5. The van der Waals surface area contributed by atoms with Gasteiger partial charge in [0.2, 0.25) is 5.78 Å². The van der Waals surface area contributed by atoms with Crippen LogP contribution in [-0.4, -0.2) is 30.9 Å². The predicted molar refractivity (Wildman–Crippen MR) is 117 cm³/mol. The topological polar surface area (TPSA) is 60.2 Å². The van der Waals surface area contributed by atoms with Crippen LogP contribution in [0.4, 0.5) is 0 Å². The Balaban J connectivity index is 1.54. The Morgan fingerprint density at radius 1 is 1.07 bits per heavy atom. The normalized spacial score (nSPS) is 18.4. The Hall–Kier alpha value is -3.47. The Bertz CT molecular complexity index is 1210. The number of ether oxygens (including phenoxy) is 2. The van der Waals surface area contributed by atoms with Crippen LogP contribution in [0, 0.1) is 0 Å². The Morgan fingerprint density at radius 3 is 2.67 bits per heavy atom. The smallest absolute Gasteiger partial charge is 0.232 e. The fraction of sp³-hybridized carbons (Fsp3) is 0.240. The van der Waals surface area contributed by atoms with Gasteiger partial charge in [0, 0.05) is 29.3 Å². The lowest BCUT2D eigenvalue weighted by molar-refractivity contribution is 0.101. The van der Waals surface area contributed by atoms with Crippen LogP contribution in [0.15, 0.2) is 69.4 Å². The molecule has 0 unspecified atom stereocenters. The van der Waals surface area contributed by atoms with Crippen LogP contribution in [0.2, 0.25) is 0 Å². The molecule has 0 spiro atoms. The van der Waals surface area contributed by atoms with Gasteiger partial charge in [-0.3, -0.25) is 14.8 Å². The number of rotatable bonds is 4. The highest BCUT2D eigenvalue weighted by Gasteiger charge is 2.33. The zero-order valence-electron chi connectivity index (χ0n) is 17.3. The number of hydrogen-bond donors (Lipinski definition) is 0. The molecule has 2 aromatic carbocycles. The summed E-state index contributed by atoms with van der Waals surface area (Å²) in [5, 5.41) is 0. The molecule has 0 aromatic heterocycles.